The Morgan fingerprint density at radius 1 is 1.03 bits per heavy atom. The predicted molar refractivity (Wildman–Crippen MR) is 119 cm³/mol. The maximum Gasteiger partial charge on any atom is 0.267 e. The van der Waals surface area contributed by atoms with Gasteiger partial charge in [-0.1, -0.05) is 17.4 Å². The highest BCUT2D eigenvalue weighted by Crippen LogP contribution is 2.27. The molecule has 0 radical (unpaired) electrons. The highest BCUT2D eigenvalue weighted by atomic mass is 32.2. The normalized spacial score (nSPS) is 10.9. The lowest BCUT2D eigenvalue weighted by Gasteiger charge is -2.07. The number of aromatic nitrogens is 1. The Bertz CT molecular complexity index is 1220. The molecule has 0 spiro atoms. The Kier molecular flexibility index (Phi) is 6.56. The summed E-state index contributed by atoms with van der Waals surface area (Å²) in [5.74, 6) is -0.133. The minimum Gasteiger partial charge on any atom is -0.497 e. The molecule has 31 heavy (non-hydrogen) atoms. The standard InChI is InChI=1S/C20H20N4O5S2/c1-12-18(19(26)23-15-6-4-5-14(11-15)22-13(2)25)30-20(21-12)24-31(27,28)17-9-7-16(29-3)8-10-17/h4-11H,1-3H3,(H,21,24)(H,22,25)(H,23,26). The van der Waals surface area contributed by atoms with Crippen LogP contribution in [-0.4, -0.2) is 32.3 Å². The van der Waals surface area contributed by atoms with Crippen molar-refractivity contribution in [2.24, 2.45) is 0 Å². The molecule has 0 saturated heterocycles. The van der Waals surface area contributed by atoms with Gasteiger partial charge in [-0.3, -0.25) is 14.3 Å². The van der Waals surface area contributed by atoms with Crippen molar-refractivity contribution in [2.45, 2.75) is 18.7 Å². The van der Waals surface area contributed by atoms with Crippen molar-refractivity contribution in [3.8, 4) is 5.75 Å². The van der Waals surface area contributed by atoms with Crippen molar-refractivity contribution in [3.05, 3.63) is 59.1 Å². The number of ether oxygens (including phenoxy) is 1. The number of benzene rings is 2. The Hall–Kier alpha value is -3.44. The third kappa shape index (κ3) is 5.58. The van der Waals surface area contributed by atoms with Crippen LogP contribution < -0.4 is 20.1 Å². The first-order valence-corrected chi connectivity index (χ1v) is 11.3. The first kappa shape index (κ1) is 22.2. The molecule has 1 aromatic heterocycles. The molecule has 0 aliphatic heterocycles. The van der Waals surface area contributed by atoms with E-state index in [0.29, 0.717) is 22.8 Å². The van der Waals surface area contributed by atoms with Gasteiger partial charge in [0.25, 0.3) is 15.9 Å². The van der Waals surface area contributed by atoms with Gasteiger partial charge in [-0.15, -0.1) is 0 Å². The van der Waals surface area contributed by atoms with Gasteiger partial charge in [0.1, 0.15) is 10.6 Å². The molecular weight excluding hydrogens is 440 g/mol. The number of anilines is 3. The third-order valence-corrected chi connectivity index (χ3v) is 6.59. The fraction of sp³-hybridized carbons (Fsp3) is 0.150. The molecule has 9 nitrogen and oxygen atoms in total. The van der Waals surface area contributed by atoms with E-state index in [2.05, 4.69) is 20.3 Å². The first-order chi connectivity index (χ1) is 14.7. The number of amides is 2. The van der Waals surface area contributed by atoms with E-state index in [0.717, 1.165) is 11.3 Å². The number of hydrogen-bond donors (Lipinski definition) is 3. The van der Waals surface area contributed by atoms with Gasteiger partial charge < -0.3 is 15.4 Å². The van der Waals surface area contributed by atoms with Crippen molar-refractivity contribution >= 4 is 49.7 Å². The summed E-state index contributed by atoms with van der Waals surface area (Å²) in [5.41, 5.74) is 1.40. The number of hydrogen-bond acceptors (Lipinski definition) is 7. The lowest BCUT2D eigenvalue weighted by molar-refractivity contribution is -0.114. The number of nitrogens with one attached hydrogen (secondary N) is 3. The molecule has 0 bridgehead atoms. The molecule has 11 heteroatoms. The second kappa shape index (κ2) is 9.14. The monoisotopic (exact) mass is 460 g/mol. The maximum atomic E-state index is 12.7. The summed E-state index contributed by atoms with van der Waals surface area (Å²) in [4.78, 5) is 28.3. The van der Waals surface area contributed by atoms with Gasteiger partial charge in [0.15, 0.2) is 5.13 Å². The van der Waals surface area contributed by atoms with Gasteiger partial charge in [-0.2, -0.15) is 0 Å². The molecule has 0 saturated carbocycles. The Labute approximate surface area is 183 Å². The Morgan fingerprint density at radius 3 is 2.29 bits per heavy atom. The van der Waals surface area contributed by atoms with Crippen LogP contribution in [0.4, 0.5) is 16.5 Å². The number of thiazole rings is 1. The summed E-state index contributed by atoms with van der Waals surface area (Å²) in [6.45, 7) is 3.00. The van der Waals surface area contributed by atoms with Gasteiger partial charge >= 0.3 is 0 Å². The second-order valence-corrected chi connectivity index (χ2v) is 9.11. The quantitative estimate of drug-likeness (QED) is 0.496. The van der Waals surface area contributed by atoms with E-state index in [-0.39, 0.29) is 20.8 Å². The number of nitrogens with zero attached hydrogens (tertiary/aromatic N) is 1. The zero-order valence-corrected chi connectivity index (χ0v) is 18.6. The highest BCUT2D eigenvalue weighted by molar-refractivity contribution is 7.93. The zero-order chi connectivity index (χ0) is 22.6. The van der Waals surface area contributed by atoms with E-state index < -0.39 is 15.9 Å². The second-order valence-electron chi connectivity index (χ2n) is 6.43. The number of sulfonamides is 1. The van der Waals surface area contributed by atoms with E-state index in [9.17, 15) is 18.0 Å². The van der Waals surface area contributed by atoms with Crippen molar-refractivity contribution in [1.29, 1.82) is 0 Å². The average molecular weight is 461 g/mol. The molecule has 3 N–H and O–H groups in total. The number of rotatable bonds is 7. The molecule has 2 aromatic carbocycles. The summed E-state index contributed by atoms with van der Waals surface area (Å²) >= 11 is 0.923. The highest BCUT2D eigenvalue weighted by Gasteiger charge is 2.20. The summed E-state index contributed by atoms with van der Waals surface area (Å²) in [7, 11) is -2.38. The molecule has 2 amide bonds. The van der Waals surface area contributed by atoms with Crippen LogP contribution in [0, 0.1) is 6.92 Å². The van der Waals surface area contributed by atoms with Gasteiger partial charge in [0.2, 0.25) is 5.91 Å². The molecule has 3 aromatic rings. The lowest BCUT2D eigenvalue weighted by atomic mass is 10.2. The number of methoxy groups -OCH3 is 1. The van der Waals surface area contributed by atoms with Crippen LogP contribution in [0.2, 0.25) is 0 Å². The van der Waals surface area contributed by atoms with Crippen LogP contribution in [0.25, 0.3) is 0 Å². The number of carbonyl (C=O) groups excluding carboxylic acids is 2. The van der Waals surface area contributed by atoms with E-state index >= 15 is 0 Å². The van der Waals surface area contributed by atoms with E-state index in [1.807, 2.05) is 0 Å². The molecular formula is C20H20N4O5S2. The van der Waals surface area contributed by atoms with Gasteiger partial charge in [-0.25, -0.2) is 13.4 Å². The van der Waals surface area contributed by atoms with Crippen LogP contribution in [0.15, 0.2) is 53.4 Å². The lowest BCUT2D eigenvalue weighted by Crippen LogP contribution is -2.12. The van der Waals surface area contributed by atoms with Crippen LogP contribution in [-0.2, 0) is 14.8 Å². The van der Waals surface area contributed by atoms with Crippen molar-refractivity contribution < 1.29 is 22.7 Å². The van der Waals surface area contributed by atoms with E-state index in [4.69, 9.17) is 4.74 Å². The van der Waals surface area contributed by atoms with Crippen LogP contribution >= 0.6 is 11.3 Å². The molecule has 162 valence electrons. The van der Waals surface area contributed by atoms with Crippen LogP contribution in [0.1, 0.15) is 22.3 Å². The molecule has 1 heterocycles. The van der Waals surface area contributed by atoms with Gasteiger partial charge in [0, 0.05) is 18.3 Å². The fourth-order valence-corrected chi connectivity index (χ4v) is 4.74. The molecule has 0 unspecified atom stereocenters. The molecule has 0 aliphatic rings. The van der Waals surface area contributed by atoms with Crippen molar-refractivity contribution in [3.63, 3.8) is 0 Å². The third-order valence-electron chi connectivity index (χ3n) is 4.04. The molecule has 3 rings (SSSR count). The Morgan fingerprint density at radius 2 is 1.68 bits per heavy atom. The largest absolute Gasteiger partial charge is 0.497 e. The van der Waals surface area contributed by atoms with Crippen LogP contribution in [0.3, 0.4) is 0 Å². The fourth-order valence-electron chi connectivity index (χ4n) is 2.65. The summed E-state index contributed by atoms with van der Waals surface area (Å²) in [6.07, 6.45) is 0. The topological polar surface area (TPSA) is 126 Å². The summed E-state index contributed by atoms with van der Waals surface area (Å²) < 4.78 is 32.6. The molecule has 0 aliphatic carbocycles. The minimum atomic E-state index is -3.87. The van der Waals surface area contributed by atoms with Crippen LogP contribution in [0.5, 0.6) is 5.75 Å². The van der Waals surface area contributed by atoms with E-state index in [1.54, 1.807) is 31.2 Å². The Balaban J connectivity index is 1.75. The number of aryl methyl sites for hydroxylation is 1. The molecule has 0 atom stereocenters. The number of carbonyl (C=O) groups is 2. The van der Waals surface area contributed by atoms with E-state index in [1.165, 1.54) is 38.3 Å². The first-order valence-electron chi connectivity index (χ1n) is 9.01. The average Bonchev–Trinajstić information content (AvgIpc) is 3.07. The predicted octanol–water partition coefficient (Wildman–Crippen LogP) is 3.47. The van der Waals surface area contributed by atoms with Crippen molar-refractivity contribution in [1.82, 2.24) is 4.98 Å². The molecule has 0 fully saturated rings. The van der Waals surface area contributed by atoms with Gasteiger partial charge in [0.05, 0.1) is 17.7 Å². The summed E-state index contributed by atoms with van der Waals surface area (Å²) in [6, 6.07) is 12.6. The minimum absolute atomic E-state index is 0.0435. The smallest absolute Gasteiger partial charge is 0.267 e. The van der Waals surface area contributed by atoms with Gasteiger partial charge in [-0.05, 0) is 49.4 Å². The SMILES string of the molecule is COc1ccc(S(=O)(=O)Nc2nc(C)c(C(=O)Nc3cccc(NC(C)=O)c3)s2)cc1. The zero-order valence-electron chi connectivity index (χ0n) is 16.9. The van der Waals surface area contributed by atoms with Crippen molar-refractivity contribution in [2.75, 3.05) is 22.5 Å². The maximum absolute atomic E-state index is 12.7. The summed E-state index contributed by atoms with van der Waals surface area (Å²) in [5, 5.41) is 5.43.